The third-order valence-corrected chi connectivity index (χ3v) is 5.40. The highest BCUT2D eigenvalue weighted by atomic mass is 15.3. The minimum Gasteiger partial charge on any atom is -0.341 e. The molecule has 3 aromatic rings. The van der Waals surface area contributed by atoms with Gasteiger partial charge in [0.1, 0.15) is 0 Å². The summed E-state index contributed by atoms with van der Waals surface area (Å²) >= 11 is 0. The molecule has 0 radical (unpaired) electrons. The van der Waals surface area contributed by atoms with E-state index in [4.69, 9.17) is 11.6 Å². The van der Waals surface area contributed by atoms with E-state index in [0.29, 0.717) is 11.7 Å². The Hall–Kier alpha value is -2.91. The standard InChI is InChI=1S/C21H24N6/c1-15(18-11-10-16(22-2)13-24-18)27-20-9-5-4-8-19(20)25-21(27)26-12-6-7-17(14-26)23-3/h4-5,8-11,13,15,17,23H,6-7,12,14H2,1,3H3/t15-,17+/m1/s1. The van der Waals surface area contributed by atoms with Gasteiger partial charge in [-0.05, 0) is 45.0 Å². The van der Waals surface area contributed by atoms with E-state index in [1.807, 2.05) is 25.2 Å². The summed E-state index contributed by atoms with van der Waals surface area (Å²) in [6.07, 6.45) is 4.00. The molecule has 0 aliphatic carbocycles. The lowest BCUT2D eigenvalue weighted by Gasteiger charge is -2.34. The van der Waals surface area contributed by atoms with Crippen molar-refractivity contribution in [2.24, 2.45) is 0 Å². The summed E-state index contributed by atoms with van der Waals surface area (Å²) in [6, 6.07) is 12.6. The van der Waals surface area contributed by atoms with Crippen LogP contribution < -0.4 is 10.2 Å². The van der Waals surface area contributed by atoms with Crippen LogP contribution in [0, 0.1) is 6.57 Å². The average molecular weight is 360 g/mol. The number of likely N-dealkylation sites (N-methyl/N-ethyl adjacent to an activating group) is 1. The summed E-state index contributed by atoms with van der Waals surface area (Å²) in [7, 11) is 2.03. The fraction of sp³-hybridized carbons (Fsp3) is 0.381. The van der Waals surface area contributed by atoms with E-state index in [-0.39, 0.29) is 6.04 Å². The molecule has 6 nitrogen and oxygen atoms in total. The van der Waals surface area contributed by atoms with Crippen molar-refractivity contribution >= 4 is 22.7 Å². The Morgan fingerprint density at radius 2 is 2.11 bits per heavy atom. The smallest absolute Gasteiger partial charge is 0.207 e. The van der Waals surface area contributed by atoms with Crippen molar-refractivity contribution in [1.82, 2.24) is 19.9 Å². The quantitative estimate of drug-likeness (QED) is 0.720. The second kappa shape index (κ2) is 7.37. The molecule has 6 heteroatoms. The first-order valence-corrected chi connectivity index (χ1v) is 9.44. The van der Waals surface area contributed by atoms with Crippen LogP contribution in [0.25, 0.3) is 15.9 Å². The monoisotopic (exact) mass is 360 g/mol. The maximum atomic E-state index is 7.13. The number of piperidine rings is 1. The van der Waals surface area contributed by atoms with Gasteiger partial charge < -0.3 is 14.8 Å². The summed E-state index contributed by atoms with van der Waals surface area (Å²) in [6.45, 7) is 11.2. The van der Waals surface area contributed by atoms with E-state index >= 15 is 0 Å². The van der Waals surface area contributed by atoms with Crippen LogP contribution in [0.1, 0.15) is 31.5 Å². The Bertz CT molecular complexity index is 968. The number of para-hydroxylation sites is 2. The number of rotatable bonds is 4. The van der Waals surface area contributed by atoms with Crippen LogP contribution in [0.15, 0.2) is 42.6 Å². The fourth-order valence-electron chi connectivity index (χ4n) is 3.87. The van der Waals surface area contributed by atoms with Crippen molar-refractivity contribution in [2.75, 3.05) is 25.0 Å². The number of anilines is 1. The molecule has 0 bridgehead atoms. The molecule has 1 aliphatic heterocycles. The second-order valence-electron chi connectivity index (χ2n) is 7.07. The third kappa shape index (κ3) is 3.26. The van der Waals surface area contributed by atoms with E-state index in [2.05, 4.69) is 49.7 Å². The van der Waals surface area contributed by atoms with Crippen molar-refractivity contribution in [2.45, 2.75) is 31.8 Å². The summed E-state index contributed by atoms with van der Waals surface area (Å²) in [5.74, 6) is 1.000. The molecular weight excluding hydrogens is 336 g/mol. The molecule has 4 rings (SSSR count). The molecule has 1 aliphatic rings. The molecule has 27 heavy (non-hydrogen) atoms. The lowest BCUT2D eigenvalue weighted by Crippen LogP contribution is -2.45. The molecule has 2 atom stereocenters. The van der Waals surface area contributed by atoms with Crippen LogP contribution in [0.5, 0.6) is 0 Å². The van der Waals surface area contributed by atoms with Crippen LogP contribution in [0.2, 0.25) is 0 Å². The minimum atomic E-state index is 0.0298. The fourth-order valence-corrected chi connectivity index (χ4v) is 3.87. The highest BCUT2D eigenvalue weighted by Gasteiger charge is 2.26. The number of nitrogens with one attached hydrogen (secondary N) is 1. The van der Waals surface area contributed by atoms with E-state index < -0.39 is 0 Å². The van der Waals surface area contributed by atoms with E-state index in [9.17, 15) is 0 Å². The summed E-state index contributed by atoms with van der Waals surface area (Å²) < 4.78 is 2.28. The Balaban J connectivity index is 1.79. The van der Waals surface area contributed by atoms with Crippen molar-refractivity contribution < 1.29 is 0 Å². The van der Waals surface area contributed by atoms with Crippen LogP contribution in [-0.2, 0) is 0 Å². The molecule has 0 unspecified atom stereocenters. The highest BCUT2D eigenvalue weighted by molar-refractivity contribution is 5.79. The van der Waals surface area contributed by atoms with Gasteiger partial charge in [0.25, 0.3) is 0 Å². The molecule has 0 amide bonds. The van der Waals surface area contributed by atoms with Crippen molar-refractivity contribution in [3.63, 3.8) is 0 Å². The first-order chi connectivity index (χ1) is 13.2. The lowest BCUT2D eigenvalue weighted by atomic mass is 10.1. The Kier molecular flexibility index (Phi) is 4.78. The first kappa shape index (κ1) is 17.5. The number of imidazole rings is 1. The number of nitrogens with zero attached hydrogens (tertiary/aromatic N) is 5. The predicted octanol–water partition coefficient (Wildman–Crippen LogP) is 3.78. The van der Waals surface area contributed by atoms with Gasteiger partial charge in [-0.25, -0.2) is 9.83 Å². The van der Waals surface area contributed by atoms with Gasteiger partial charge in [-0.2, -0.15) is 0 Å². The topological polar surface area (TPSA) is 50.3 Å². The Morgan fingerprint density at radius 1 is 1.26 bits per heavy atom. The molecule has 138 valence electrons. The number of hydrogen-bond acceptors (Lipinski definition) is 4. The molecule has 1 aromatic carbocycles. The lowest BCUT2D eigenvalue weighted by molar-refractivity contribution is 0.440. The van der Waals surface area contributed by atoms with Gasteiger partial charge in [-0.3, -0.25) is 4.98 Å². The molecule has 1 fully saturated rings. The van der Waals surface area contributed by atoms with Crippen LogP contribution in [0.3, 0.4) is 0 Å². The minimum absolute atomic E-state index is 0.0298. The maximum absolute atomic E-state index is 7.13. The summed E-state index contributed by atoms with van der Waals surface area (Å²) in [4.78, 5) is 15.3. The van der Waals surface area contributed by atoms with Crippen molar-refractivity contribution in [3.05, 3.63) is 59.7 Å². The van der Waals surface area contributed by atoms with Crippen LogP contribution in [-0.4, -0.2) is 40.7 Å². The molecule has 1 saturated heterocycles. The number of pyridine rings is 1. The molecule has 2 aromatic heterocycles. The molecule has 1 N–H and O–H groups in total. The first-order valence-electron chi connectivity index (χ1n) is 9.44. The predicted molar refractivity (Wildman–Crippen MR) is 108 cm³/mol. The van der Waals surface area contributed by atoms with Crippen molar-refractivity contribution in [1.29, 1.82) is 0 Å². The van der Waals surface area contributed by atoms with Gasteiger partial charge in [0.15, 0.2) is 0 Å². The Morgan fingerprint density at radius 3 is 2.85 bits per heavy atom. The zero-order chi connectivity index (χ0) is 18.8. The number of benzene rings is 1. The number of fused-ring (bicyclic) bond motifs is 1. The number of aromatic nitrogens is 3. The number of hydrogen-bond donors (Lipinski definition) is 1. The second-order valence-corrected chi connectivity index (χ2v) is 7.07. The van der Waals surface area contributed by atoms with Gasteiger partial charge in [-0.15, -0.1) is 0 Å². The third-order valence-electron chi connectivity index (χ3n) is 5.40. The molecular formula is C21H24N6. The highest BCUT2D eigenvalue weighted by Crippen LogP contribution is 2.31. The van der Waals surface area contributed by atoms with E-state index in [0.717, 1.165) is 42.2 Å². The van der Waals surface area contributed by atoms with Gasteiger partial charge >= 0.3 is 0 Å². The SMILES string of the molecule is [C-]#[N+]c1ccc([C@@H](C)n2c(N3CCC[C@H](NC)C3)nc3ccccc32)nc1. The Labute approximate surface area is 159 Å². The van der Waals surface area contributed by atoms with E-state index in [1.165, 1.54) is 6.42 Å². The van der Waals surface area contributed by atoms with Crippen LogP contribution >= 0.6 is 0 Å². The zero-order valence-corrected chi connectivity index (χ0v) is 15.8. The zero-order valence-electron chi connectivity index (χ0n) is 15.8. The van der Waals surface area contributed by atoms with Crippen LogP contribution in [0.4, 0.5) is 11.6 Å². The summed E-state index contributed by atoms with van der Waals surface area (Å²) in [5.41, 5.74) is 3.62. The van der Waals surface area contributed by atoms with Gasteiger partial charge in [0.05, 0.1) is 29.3 Å². The van der Waals surface area contributed by atoms with Gasteiger partial charge in [0.2, 0.25) is 11.6 Å². The molecule has 0 saturated carbocycles. The maximum Gasteiger partial charge on any atom is 0.207 e. The summed E-state index contributed by atoms with van der Waals surface area (Å²) in [5, 5.41) is 3.41. The van der Waals surface area contributed by atoms with E-state index in [1.54, 1.807) is 6.20 Å². The van der Waals surface area contributed by atoms with Gasteiger partial charge in [-0.1, -0.05) is 18.2 Å². The van der Waals surface area contributed by atoms with Gasteiger partial charge in [0, 0.05) is 25.3 Å². The largest absolute Gasteiger partial charge is 0.341 e. The average Bonchev–Trinajstić information content (AvgIpc) is 3.13. The van der Waals surface area contributed by atoms with Crippen molar-refractivity contribution in [3.8, 4) is 0 Å². The normalized spacial score (nSPS) is 18.4. The molecule has 0 spiro atoms. The molecule has 3 heterocycles.